The van der Waals surface area contributed by atoms with Crippen molar-refractivity contribution in [2.45, 2.75) is 34.9 Å². The number of para-hydroxylation sites is 1. The van der Waals surface area contributed by atoms with Gasteiger partial charge in [-0.2, -0.15) is 0 Å². The lowest BCUT2D eigenvalue weighted by atomic mass is 9.56. The molecule has 2 heterocycles. The molecule has 0 spiro atoms. The van der Waals surface area contributed by atoms with Gasteiger partial charge >= 0.3 is 0 Å². The summed E-state index contributed by atoms with van der Waals surface area (Å²) < 4.78 is 0.964. The molecular weight excluding hydrogens is 666 g/mol. The Labute approximate surface area is 254 Å². The molecule has 0 radical (unpaired) electrons. The monoisotopic (exact) mass is 690 g/mol. The number of carbonyl (C=O) groups is 4. The van der Waals surface area contributed by atoms with Crippen LogP contribution in [0.1, 0.15) is 29.9 Å². The molecule has 3 fully saturated rings. The molecule has 1 N–H and O–H groups in total. The topological polar surface area (TPSA) is 95.0 Å². The largest absolute Gasteiger partial charge is 0.507 e. The number of benzene rings is 2. The van der Waals surface area contributed by atoms with Gasteiger partial charge in [-0.1, -0.05) is 35.9 Å². The van der Waals surface area contributed by atoms with Gasteiger partial charge in [0.15, 0.2) is 9.75 Å². The van der Waals surface area contributed by atoms with Gasteiger partial charge in [0.05, 0.1) is 17.5 Å². The first-order valence-corrected chi connectivity index (χ1v) is 14.8. The first-order valence-electron chi connectivity index (χ1n) is 12.9. The van der Waals surface area contributed by atoms with Crippen molar-refractivity contribution in [3.05, 3.63) is 81.5 Å². The van der Waals surface area contributed by atoms with Crippen molar-refractivity contribution in [2.75, 3.05) is 11.9 Å². The number of allylic oxidation sites excluding steroid dienone is 3. The summed E-state index contributed by atoms with van der Waals surface area (Å²) in [5, 5.41) is 11.4. The second-order valence-corrected chi connectivity index (χ2v) is 13.3. The van der Waals surface area contributed by atoms with Gasteiger partial charge in [-0.25, -0.2) is 0 Å². The smallest absolute Gasteiger partial charge is 0.253 e. The van der Waals surface area contributed by atoms with E-state index in [1.54, 1.807) is 36.4 Å². The van der Waals surface area contributed by atoms with Gasteiger partial charge in [-0.05, 0) is 77.6 Å². The highest BCUT2D eigenvalue weighted by molar-refractivity contribution is 14.1. The van der Waals surface area contributed by atoms with Crippen LogP contribution in [0, 0.1) is 21.3 Å². The maximum Gasteiger partial charge on any atom is 0.253 e. The number of nitrogens with zero attached hydrogens (tertiary/aromatic N) is 2. The van der Waals surface area contributed by atoms with Crippen molar-refractivity contribution in [1.82, 2.24) is 4.90 Å². The van der Waals surface area contributed by atoms with E-state index in [1.807, 2.05) is 18.2 Å². The lowest BCUT2D eigenvalue weighted by Crippen LogP contribution is -2.60. The first-order chi connectivity index (χ1) is 19.0. The SMILES string of the molecule is C=CCc1cccc([C@H]2C3=CC[C@@H]4C(=O)N(c5ccc(I)cc5)C(=O)[C@@H]4[C@@H]3C[C@@]3(Cl)C(=O)N(C)C(=O)[C@@]23Cl)c1O. The molecule has 6 atom stereocenters. The van der Waals surface area contributed by atoms with E-state index >= 15 is 0 Å². The first kappa shape index (κ1) is 27.5. The maximum absolute atomic E-state index is 14.0. The summed E-state index contributed by atoms with van der Waals surface area (Å²) in [7, 11) is 1.34. The number of phenolic OH excluding ortho intramolecular Hbond substituents is 1. The number of fused-ring (bicyclic) bond motifs is 4. The fourth-order valence-corrected chi connectivity index (χ4v) is 8.47. The zero-order valence-electron chi connectivity index (χ0n) is 21.4. The Balaban J connectivity index is 1.53. The van der Waals surface area contributed by atoms with Crippen LogP contribution in [0.2, 0.25) is 0 Å². The summed E-state index contributed by atoms with van der Waals surface area (Å²) in [6.45, 7) is 3.75. The number of hydrogen-bond donors (Lipinski definition) is 1. The number of anilines is 1. The average molecular weight is 691 g/mol. The summed E-state index contributed by atoms with van der Waals surface area (Å²) >= 11 is 16.5. The molecule has 2 aliphatic carbocycles. The van der Waals surface area contributed by atoms with Crippen LogP contribution >= 0.6 is 45.8 Å². The number of likely N-dealkylation sites (tertiary alicyclic amines) is 1. The maximum atomic E-state index is 14.0. The lowest BCUT2D eigenvalue weighted by Gasteiger charge is -2.50. The molecule has 6 rings (SSSR count). The fraction of sp³-hybridized carbons (Fsp3) is 0.333. The third kappa shape index (κ3) is 3.48. The quantitative estimate of drug-likeness (QED) is 0.213. The highest BCUT2D eigenvalue weighted by Gasteiger charge is 2.76. The van der Waals surface area contributed by atoms with Gasteiger partial charge in [-0.3, -0.25) is 29.0 Å². The molecule has 2 aliphatic heterocycles. The van der Waals surface area contributed by atoms with Gasteiger partial charge < -0.3 is 5.11 Å². The number of phenols is 1. The number of amides is 4. The minimum absolute atomic E-state index is 0.0701. The molecule has 2 aromatic carbocycles. The standard InChI is InChI=1S/C30H25Cl2IN2O5/c1-3-5-15-6-4-7-20(24(15)36)23-18-12-13-19-22(26(38)35(25(19)37)17-10-8-16(33)9-11-17)21(18)14-29(31)27(39)34(2)28(40)30(23,29)32/h3-4,6-12,19,21-23,36H,1,5,13-14H2,2H3/t19-,21+,22-,23+,29+,30-/m0/s1. The van der Waals surface area contributed by atoms with Crippen LogP contribution in [-0.2, 0) is 25.6 Å². The molecule has 0 unspecified atom stereocenters. The summed E-state index contributed by atoms with van der Waals surface area (Å²) in [5.74, 6) is -5.17. The molecule has 206 valence electrons. The fourth-order valence-electron chi connectivity index (χ4n) is 7.10. The predicted octanol–water partition coefficient (Wildman–Crippen LogP) is 4.92. The minimum atomic E-state index is -1.94. The predicted molar refractivity (Wildman–Crippen MR) is 159 cm³/mol. The summed E-state index contributed by atoms with van der Waals surface area (Å²) in [4.78, 5) is 53.2. The highest BCUT2D eigenvalue weighted by Crippen LogP contribution is 2.66. The molecule has 4 aliphatic rings. The third-order valence-corrected chi connectivity index (χ3v) is 11.1. The molecule has 0 bridgehead atoms. The summed E-state index contributed by atoms with van der Waals surface area (Å²) in [5.41, 5.74) is 2.04. The van der Waals surface area contributed by atoms with Crippen LogP contribution in [0.3, 0.4) is 0 Å². The number of alkyl halides is 2. The zero-order valence-corrected chi connectivity index (χ0v) is 25.1. The molecule has 1 saturated carbocycles. The van der Waals surface area contributed by atoms with Gasteiger partial charge in [0, 0.05) is 22.1 Å². The lowest BCUT2D eigenvalue weighted by molar-refractivity contribution is -0.138. The second-order valence-electron chi connectivity index (χ2n) is 10.8. The number of aromatic hydroxyl groups is 1. The number of halogens is 3. The molecular formula is C30H25Cl2IN2O5. The van der Waals surface area contributed by atoms with Crippen LogP contribution in [0.25, 0.3) is 0 Å². The van der Waals surface area contributed by atoms with E-state index in [-0.39, 0.29) is 30.4 Å². The van der Waals surface area contributed by atoms with E-state index in [9.17, 15) is 24.3 Å². The van der Waals surface area contributed by atoms with Crippen molar-refractivity contribution >= 4 is 75.1 Å². The molecule has 4 amide bonds. The van der Waals surface area contributed by atoms with Gasteiger partial charge in [0.1, 0.15) is 5.75 Å². The highest BCUT2D eigenvalue weighted by atomic mass is 127. The third-order valence-electron chi connectivity index (χ3n) is 8.93. The van der Waals surface area contributed by atoms with E-state index in [0.29, 0.717) is 28.8 Å². The number of hydrogen-bond acceptors (Lipinski definition) is 5. The molecule has 2 saturated heterocycles. The van der Waals surface area contributed by atoms with Crippen LogP contribution in [0.15, 0.2) is 66.8 Å². The van der Waals surface area contributed by atoms with Gasteiger partial charge in [0.2, 0.25) is 11.8 Å². The van der Waals surface area contributed by atoms with Crippen LogP contribution in [0.5, 0.6) is 5.75 Å². The normalized spacial score (nSPS) is 33.0. The van der Waals surface area contributed by atoms with E-state index in [1.165, 1.54) is 11.9 Å². The Morgan fingerprint density at radius 3 is 2.42 bits per heavy atom. The molecule has 10 heteroatoms. The Morgan fingerprint density at radius 2 is 1.75 bits per heavy atom. The number of imide groups is 2. The van der Waals surface area contributed by atoms with E-state index in [4.69, 9.17) is 23.2 Å². The van der Waals surface area contributed by atoms with Crippen molar-refractivity contribution < 1.29 is 24.3 Å². The average Bonchev–Trinajstić information content (AvgIpc) is 3.26. The van der Waals surface area contributed by atoms with Crippen LogP contribution in [-0.4, -0.2) is 50.4 Å². The zero-order chi connectivity index (χ0) is 28.7. The van der Waals surface area contributed by atoms with E-state index in [2.05, 4.69) is 29.2 Å². The second kappa shape index (κ2) is 9.42. The Kier molecular flexibility index (Phi) is 6.47. The Bertz CT molecular complexity index is 1540. The van der Waals surface area contributed by atoms with E-state index in [0.717, 1.165) is 8.47 Å². The van der Waals surface area contributed by atoms with Crippen LogP contribution < -0.4 is 4.90 Å². The van der Waals surface area contributed by atoms with Gasteiger partial charge in [-0.15, -0.1) is 29.8 Å². The van der Waals surface area contributed by atoms with Crippen molar-refractivity contribution in [1.29, 1.82) is 0 Å². The summed E-state index contributed by atoms with van der Waals surface area (Å²) in [6.07, 6.45) is 4.03. The van der Waals surface area contributed by atoms with Gasteiger partial charge in [0.25, 0.3) is 11.8 Å². The molecule has 0 aromatic heterocycles. The Hall–Kier alpha value is -2.69. The summed E-state index contributed by atoms with van der Waals surface area (Å²) in [6, 6.07) is 12.3. The molecule has 40 heavy (non-hydrogen) atoms. The van der Waals surface area contributed by atoms with Crippen molar-refractivity contribution in [3.63, 3.8) is 0 Å². The van der Waals surface area contributed by atoms with Crippen LogP contribution in [0.4, 0.5) is 5.69 Å². The molecule has 7 nitrogen and oxygen atoms in total. The molecule has 2 aromatic rings. The minimum Gasteiger partial charge on any atom is -0.507 e. The van der Waals surface area contributed by atoms with Crippen molar-refractivity contribution in [3.8, 4) is 5.75 Å². The van der Waals surface area contributed by atoms with Crippen molar-refractivity contribution in [2.24, 2.45) is 17.8 Å². The number of carbonyl (C=O) groups excluding carboxylic acids is 4. The Morgan fingerprint density at radius 1 is 1.05 bits per heavy atom. The van der Waals surface area contributed by atoms with E-state index < -0.39 is 45.2 Å². The number of rotatable bonds is 4.